The summed E-state index contributed by atoms with van der Waals surface area (Å²) in [5, 5.41) is 4.04. The number of hydrogen-bond donors (Lipinski definition) is 1. The van der Waals surface area contributed by atoms with Crippen molar-refractivity contribution in [3.63, 3.8) is 0 Å². The van der Waals surface area contributed by atoms with Gasteiger partial charge in [-0.1, -0.05) is 30.7 Å². The van der Waals surface area contributed by atoms with Gasteiger partial charge in [0.15, 0.2) is 0 Å². The minimum atomic E-state index is 0.885. The highest BCUT2D eigenvalue weighted by Gasteiger charge is 2.08. The highest BCUT2D eigenvalue weighted by molar-refractivity contribution is 6.31. The molecule has 0 radical (unpaired) electrons. The molecule has 1 rings (SSSR count). The summed E-state index contributed by atoms with van der Waals surface area (Å²) in [5.41, 5.74) is 2.62. The molecule has 0 heterocycles. The van der Waals surface area contributed by atoms with E-state index in [1.807, 2.05) is 19.2 Å². The Morgan fingerprint density at radius 2 is 2.12 bits per heavy atom. The zero-order valence-corrected chi connectivity index (χ0v) is 11.1. The maximum Gasteiger partial charge on any atom is 0.0453 e. The number of rotatable bonds is 6. The molecular formula is C13H21ClN2. The zero-order chi connectivity index (χ0) is 12.0. The second-order valence-corrected chi connectivity index (χ2v) is 4.48. The van der Waals surface area contributed by atoms with Gasteiger partial charge in [-0.2, -0.15) is 0 Å². The van der Waals surface area contributed by atoms with E-state index in [0.29, 0.717) is 0 Å². The fraction of sp³-hybridized carbons (Fsp3) is 0.538. The Labute approximate surface area is 104 Å². The first-order chi connectivity index (χ1) is 7.69. The normalized spacial score (nSPS) is 11.1. The molecule has 0 aliphatic heterocycles. The van der Waals surface area contributed by atoms with Crippen molar-refractivity contribution in [1.82, 2.24) is 10.2 Å². The van der Waals surface area contributed by atoms with Gasteiger partial charge in [-0.15, -0.1) is 0 Å². The Hall–Kier alpha value is -0.570. The van der Waals surface area contributed by atoms with Crippen LogP contribution in [0.25, 0.3) is 0 Å². The molecule has 3 heteroatoms. The highest BCUT2D eigenvalue weighted by Crippen LogP contribution is 2.21. The molecule has 90 valence electrons. The van der Waals surface area contributed by atoms with Gasteiger partial charge in [0.25, 0.3) is 0 Å². The molecule has 0 atom stereocenters. The average molecular weight is 241 g/mol. The van der Waals surface area contributed by atoms with E-state index in [4.69, 9.17) is 11.6 Å². The third kappa shape index (κ3) is 3.78. The number of halogens is 1. The minimum Gasteiger partial charge on any atom is -0.318 e. The van der Waals surface area contributed by atoms with Crippen molar-refractivity contribution in [2.75, 3.05) is 27.2 Å². The Balaban J connectivity index is 2.71. The van der Waals surface area contributed by atoms with Crippen molar-refractivity contribution in [3.05, 3.63) is 34.3 Å². The summed E-state index contributed by atoms with van der Waals surface area (Å²) in [6, 6.07) is 6.16. The Morgan fingerprint density at radius 3 is 2.75 bits per heavy atom. The van der Waals surface area contributed by atoms with Crippen LogP contribution < -0.4 is 5.32 Å². The molecule has 1 aromatic rings. The van der Waals surface area contributed by atoms with E-state index in [2.05, 4.69) is 30.3 Å². The molecule has 0 unspecified atom stereocenters. The lowest BCUT2D eigenvalue weighted by Gasteiger charge is -2.19. The molecule has 0 saturated heterocycles. The summed E-state index contributed by atoms with van der Waals surface area (Å²) in [7, 11) is 4.10. The summed E-state index contributed by atoms with van der Waals surface area (Å²) < 4.78 is 0. The third-order valence-corrected chi connectivity index (χ3v) is 3.12. The number of likely N-dealkylation sites (N-methyl/N-ethyl adjacent to an activating group) is 2. The van der Waals surface area contributed by atoms with E-state index in [-0.39, 0.29) is 0 Å². The van der Waals surface area contributed by atoms with Gasteiger partial charge in [0.2, 0.25) is 0 Å². The van der Waals surface area contributed by atoms with Crippen LogP contribution in [0.5, 0.6) is 0 Å². The van der Waals surface area contributed by atoms with E-state index in [9.17, 15) is 0 Å². The van der Waals surface area contributed by atoms with Gasteiger partial charge in [0, 0.05) is 24.7 Å². The maximum atomic E-state index is 6.24. The first-order valence-corrected chi connectivity index (χ1v) is 6.16. The van der Waals surface area contributed by atoms with Crippen LogP contribution in [0.3, 0.4) is 0 Å². The van der Waals surface area contributed by atoms with Crippen LogP contribution in [0, 0.1) is 0 Å². The minimum absolute atomic E-state index is 0.885. The van der Waals surface area contributed by atoms with Crippen LogP contribution >= 0.6 is 11.6 Å². The predicted molar refractivity (Wildman–Crippen MR) is 71.1 cm³/mol. The first-order valence-electron chi connectivity index (χ1n) is 5.78. The second kappa shape index (κ2) is 6.89. The molecule has 0 aliphatic rings. The van der Waals surface area contributed by atoms with Gasteiger partial charge in [-0.05, 0) is 37.7 Å². The Bertz CT molecular complexity index is 326. The quantitative estimate of drug-likeness (QED) is 0.822. The third-order valence-electron chi connectivity index (χ3n) is 2.77. The van der Waals surface area contributed by atoms with Crippen LogP contribution in [0.4, 0.5) is 0 Å². The lowest BCUT2D eigenvalue weighted by atomic mass is 10.0. The molecule has 0 saturated carbocycles. The predicted octanol–water partition coefficient (Wildman–Crippen LogP) is 2.55. The van der Waals surface area contributed by atoms with Crippen LogP contribution in [-0.4, -0.2) is 32.1 Å². The largest absolute Gasteiger partial charge is 0.318 e. The van der Waals surface area contributed by atoms with E-state index in [1.165, 1.54) is 11.1 Å². The molecule has 1 aromatic carbocycles. The van der Waals surface area contributed by atoms with Crippen LogP contribution in [0.15, 0.2) is 18.2 Å². The molecule has 1 N–H and O–H groups in total. The van der Waals surface area contributed by atoms with Crippen molar-refractivity contribution in [3.8, 4) is 0 Å². The van der Waals surface area contributed by atoms with Gasteiger partial charge in [-0.25, -0.2) is 0 Å². The van der Waals surface area contributed by atoms with E-state index in [0.717, 1.165) is 31.1 Å². The molecule has 0 fully saturated rings. The molecule has 2 nitrogen and oxygen atoms in total. The molecular weight excluding hydrogens is 220 g/mol. The van der Waals surface area contributed by atoms with Gasteiger partial charge in [0.1, 0.15) is 0 Å². The van der Waals surface area contributed by atoms with E-state index >= 15 is 0 Å². The average Bonchev–Trinajstić information content (AvgIpc) is 2.29. The number of hydrogen-bond acceptors (Lipinski definition) is 2. The van der Waals surface area contributed by atoms with Crippen molar-refractivity contribution in [2.45, 2.75) is 19.9 Å². The lowest BCUT2D eigenvalue weighted by molar-refractivity contribution is 0.327. The molecule has 0 amide bonds. The number of aryl methyl sites for hydroxylation is 1. The van der Waals surface area contributed by atoms with Gasteiger partial charge < -0.3 is 10.2 Å². The number of nitrogens with one attached hydrogen (secondary N) is 1. The lowest BCUT2D eigenvalue weighted by Crippen LogP contribution is -2.27. The first kappa shape index (κ1) is 13.5. The smallest absolute Gasteiger partial charge is 0.0453 e. The van der Waals surface area contributed by atoms with Gasteiger partial charge in [0.05, 0.1) is 0 Å². The monoisotopic (exact) mass is 240 g/mol. The van der Waals surface area contributed by atoms with Crippen LogP contribution in [0.1, 0.15) is 18.1 Å². The highest BCUT2D eigenvalue weighted by atomic mass is 35.5. The molecule has 0 aliphatic carbocycles. The van der Waals surface area contributed by atoms with Crippen molar-refractivity contribution in [2.24, 2.45) is 0 Å². The van der Waals surface area contributed by atoms with Gasteiger partial charge >= 0.3 is 0 Å². The summed E-state index contributed by atoms with van der Waals surface area (Å²) in [4.78, 5) is 2.29. The fourth-order valence-electron chi connectivity index (χ4n) is 1.76. The second-order valence-electron chi connectivity index (χ2n) is 4.07. The van der Waals surface area contributed by atoms with E-state index < -0.39 is 0 Å². The Morgan fingerprint density at radius 1 is 1.38 bits per heavy atom. The standard InChI is InChI=1S/C13H21ClN2/c1-4-11-6-5-7-13(14)12(11)10-16(3)9-8-15-2/h5-7,15H,4,8-10H2,1-3H3. The Kier molecular flexibility index (Phi) is 5.81. The summed E-state index contributed by atoms with van der Waals surface area (Å²) in [5.74, 6) is 0. The van der Waals surface area contributed by atoms with E-state index in [1.54, 1.807) is 0 Å². The molecule has 16 heavy (non-hydrogen) atoms. The van der Waals surface area contributed by atoms with Crippen LogP contribution in [-0.2, 0) is 13.0 Å². The van der Waals surface area contributed by atoms with Crippen molar-refractivity contribution < 1.29 is 0 Å². The summed E-state index contributed by atoms with van der Waals surface area (Å²) in [6.45, 7) is 5.13. The molecule has 0 spiro atoms. The van der Waals surface area contributed by atoms with Crippen LogP contribution in [0.2, 0.25) is 5.02 Å². The van der Waals surface area contributed by atoms with Crippen molar-refractivity contribution in [1.29, 1.82) is 0 Å². The zero-order valence-electron chi connectivity index (χ0n) is 10.4. The number of benzene rings is 1. The molecule has 0 bridgehead atoms. The SMILES string of the molecule is CCc1cccc(Cl)c1CN(C)CCNC. The molecule has 0 aromatic heterocycles. The van der Waals surface area contributed by atoms with Gasteiger partial charge in [-0.3, -0.25) is 0 Å². The maximum absolute atomic E-state index is 6.24. The fourth-order valence-corrected chi connectivity index (χ4v) is 2.02. The summed E-state index contributed by atoms with van der Waals surface area (Å²) in [6.07, 6.45) is 1.04. The number of nitrogens with zero attached hydrogens (tertiary/aromatic N) is 1. The summed E-state index contributed by atoms with van der Waals surface area (Å²) >= 11 is 6.24. The topological polar surface area (TPSA) is 15.3 Å². The van der Waals surface area contributed by atoms with Crippen molar-refractivity contribution >= 4 is 11.6 Å².